The van der Waals surface area contributed by atoms with Crippen LogP contribution in [-0.2, 0) is 16.1 Å². The second-order valence-electron chi connectivity index (χ2n) is 7.86. The number of thiophene rings is 1. The highest BCUT2D eigenvalue weighted by molar-refractivity contribution is 7.99. The Bertz CT molecular complexity index is 1150. The number of nitrogens with zero attached hydrogens (tertiary/aromatic N) is 4. The first-order chi connectivity index (χ1) is 16.8. The molecular formula is C25H25N5O2S2. The molecule has 0 aliphatic carbocycles. The molecule has 1 aliphatic rings. The van der Waals surface area contributed by atoms with E-state index in [1.807, 2.05) is 78.2 Å². The minimum Gasteiger partial charge on any atom is -0.376 e. The van der Waals surface area contributed by atoms with Gasteiger partial charge in [0.2, 0.25) is 5.91 Å². The van der Waals surface area contributed by atoms with Crippen molar-refractivity contribution in [3.05, 3.63) is 78.2 Å². The van der Waals surface area contributed by atoms with Crippen LogP contribution < -0.4 is 10.4 Å². The van der Waals surface area contributed by atoms with E-state index in [2.05, 4.69) is 20.2 Å². The van der Waals surface area contributed by atoms with Crippen LogP contribution in [0, 0.1) is 0 Å². The Balaban J connectivity index is 1.31. The standard InChI is InChI=1S/C25H25N5O2S2/c31-23(28-30(19-9-3-1-4-10-19)20-11-5-2-6-12-20)18-34-25-27-26-24(22-14-8-16-33-22)29(25)17-21-13-7-15-32-21/h1-6,8-12,14,16,21H,7,13,15,17-18H2,(H,28,31). The summed E-state index contributed by atoms with van der Waals surface area (Å²) in [4.78, 5) is 14.1. The summed E-state index contributed by atoms with van der Waals surface area (Å²) in [6, 6.07) is 23.6. The molecule has 9 heteroatoms. The van der Waals surface area contributed by atoms with Crippen LogP contribution >= 0.6 is 23.1 Å². The number of hydrazine groups is 1. The van der Waals surface area contributed by atoms with Crippen LogP contribution in [0.1, 0.15) is 12.8 Å². The SMILES string of the molecule is O=C(CSc1nnc(-c2cccs2)n1CC1CCCO1)NN(c1ccccc1)c1ccccc1. The second-order valence-corrected chi connectivity index (χ2v) is 9.75. The molecule has 1 saturated heterocycles. The molecular weight excluding hydrogens is 466 g/mol. The number of carbonyl (C=O) groups excluding carboxylic acids is 1. The Morgan fingerprint density at radius 3 is 2.41 bits per heavy atom. The molecule has 1 fully saturated rings. The zero-order valence-corrected chi connectivity index (χ0v) is 20.2. The van der Waals surface area contributed by atoms with Crippen molar-refractivity contribution in [2.24, 2.45) is 0 Å². The maximum Gasteiger partial charge on any atom is 0.249 e. The van der Waals surface area contributed by atoms with Gasteiger partial charge in [0.1, 0.15) is 0 Å². The van der Waals surface area contributed by atoms with Crippen LogP contribution in [0.25, 0.3) is 10.7 Å². The zero-order valence-electron chi connectivity index (χ0n) is 18.5. The van der Waals surface area contributed by atoms with E-state index in [0.717, 1.165) is 46.7 Å². The summed E-state index contributed by atoms with van der Waals surface area (Å²) in [5, 5.41) is 13.4. The lowest BCUT2D eigenvalue weighted by Crippen LogP contribution is -2.40. The van der Waals surface area contributed by atoms with Gasteiger partial charge in [0, 0.05) is 6.61 Å². The topological polar surface area (TPSA) is 72.3 Å². The van der Waals surface area contributed by atoms with Crippen molar-refractivity contribution >= 4 is 40.4 Å². The Kier molecular flexibility index (Phi) is 7.23. The third kappa shape index (κ3) is 5.32. The van der Waals surface area contributed by atoms with Gasteiger partial charge in [-0.05, 0) is 48.6 Å². The number of benzene rings is 2. The summed E-state index contributed by atoms with van der Waals surface area (Å²) in [7, 11) is 0. The van der Waals surface area contributed by atoms with Crippen molar-refractivity contribution in [3.8, 4) is 10.7 Å². The number of carbonyl (C=O) groups is 1. The molecule has 5 rings (SSSR count). The van der Waals surface area contributed by atoms with E-state index < -0.39 is 0 Å². The number of anilines is 2. The molecule has 1 amide bonds. The predicted octanol–water partition coefficient (Wildman–Crippen LogP) is 5.15. The van der Waals surface area contributed by atoms with Crippen molar-refractivity contribution in [1.82, 2.24) is 20.2 Å². The van der Waals surface area contributed by atoms with E-state index in [-0.39, 0.29) is 17.8 Å². The van der Waals surface area contributed by atoms with E-state index in [9.17, 15) is 4.79 Å². The first-order valence-corrected chi connectivity index (χ1v) is 13.1. The van der Waals surface area contributed by atoms with Crippen LogP contribution in [-0.4, -0.2) is 39.1 Å². The quantitative estimate of drug-likeness (QED) is 0.258. The van der Waals surface area contributed by atoms with Gasteiger partial charge in [-0.2, -0.15) is 0 Å². The molecule has 1 aliphatic heterocycles. The van der Waals surface area contributed by atoms with E-state index in [0.29, 0.717) is 6.54 Å². The lowest BCUT2D eigenvalue weighted by atomic mass is 10.2. The van der Waals surface area contributed by atoms with Gasteiger partial charge in [-0.15, -0.1) is 21.5 Å². The highest BCUT2D eigenvalue weighted by atomic mass is 32.2. The number of para-hydroxylation sites is 2. The first kappa shape index (κ1) is 22.6. The minimum atomic E-state index is -0.123. The van der Waals surface area contributed by atoms with E-state index >= 15 is 0 Å². The smallest absolute Gasteiger partial charge is 0.249 e. The Hall–Kier alpha value is -3.14. The van der Waals surface area contributed by atoms with Gasteiger partial charge in [-0.3, -0.25) is 19.8 Å². The number of nitrogens with one attached hydrogen (secondary N) is 1. The normalized spacial score (nSPS) is 15.4. The molecule has 174 valence electrons. The maximum absolute atomic E-state index is 13.0. The molecule has 2 aromatic carbocycles. The molecule has 7 nitrogen and oxygen atoms in total. The molecule has 0 saturated carbocycles. The van der Waals surface area contributed by atoms with Gasteiger partial charge in [0.25, 0.3) is 0 Å². The predicted molar refractivity (Wildman–Crippen MR) is 136 cm³/mol. The number of hydrogen-bond donors (Lipinski definition) is 1. The van der Waals surface area contributed by atoms with Gasteiger partial charge in [0.05, 0.1) is 34.7 Å². The molecule has 1 unspecified atom stereocenters. The third-order valence-electron chi connectivity index (χ3n) is 5.47. The number of aromatic nitrogens is 3. The molecule has 1 atom stereocenters. The van der Waals surface area contributed by atoms with Gasteiger partial charge < -0.3 is 4.74 Å². The fourth-order valence-corrected chi connectivity index (χ4v) is 5.32. The van der Waals surface area contributed by atoms with Crippen molar-refractivity contribution < 1.29 is 9.53 Å². The largest absolute Gasteiger partial charge is 0.376 e. The number of rotatable bonds is 9. The van der Waals surface area contributed by atoms with Crippen LogP contribution in [0.2, 0.25) is 0 Å². The third-order valence-corrected chi connectivity index (χ3v) is 7.30. The minimum absolute atomic E-state index is 0.123. The number of amides is 1. The molecule has 0 radical (unpaired) electrons. The number of ether oxygens (including phenoxy) is 1. The number of hydrogen-bond acceptors (Lipinski definition) is 7. The highest BCUT2D eigenvalue weighted by Crippen LogP contribution is 2.29. The number of thioether (sulfide) groups is 1. The molecule has 0 spiro atoms. The monoisotopic (exact) mass is 491 g/mol. The summed E-state index contributed by atoms with van der Waals surface area (Å²) in [6.07, 6.45) is 2.24. The van der Waals surface area contributed by atoms with Crippen molar-refractivity contribution in [2.75, 3.05) is 17.4 Å². The Morgan fingerprint density at radius 2 is 1.79 bits per heavy atom. The fraction of sp³-hybridized carbons (Fsp3) is 0.240. The van der Waals surface area contributed by atoms with E-state index in [1.54, 1.807) is 16.3 Å². The Labute approximate surface area is 206 Å². The average Bonchev–Trinajstić information content (AvgIpc) is 3.65. The van der Waals surface area contributed by atoms with Gasteiger partial charge >= 0.3 is 0 Å². The summed E-state index contributed by atoms with van der Waals surface area (Å²) < 4.78 is 7.95. The van der Waals surface area contributed by atoms with Crippen molar-refractivity contribution in [3.63, 3.8) is 0 Å². The summed E-state index contributed by atoms with van der Waals surface area (Å²) in [5.74, 6) is 0.912. The molecule has 3 heterocycles. The Morgan fingerprint density at radius 1 is 1.06 bits per heavy atom. The lowest BCUT2D eigenvalue weighted by Gasteiger charge is -2.25. The van der Waals surface area contributed by atoms with Gasteiger partial charge in [-0.1, -0.05) is 54.2 Å². The van der Waals surface area contributed by atoms with E-state index in [1.165, 1.54) is 11.8 Å². The summed E-state index contributed by atoms with van der Waals surface area (Å²) in [5.41, 5.74) is 4.81. The first-order valence-electron chi connectivity index (χ1n) is 11.2. The molecule has 0 bridgehead atoms. The van der Waals surface area contributed by atoms with E-state index in [4.69, 9.17) is 4.74 Å². The van der Waals surface area contributed by atoms with Gasteiger partial charge in [0.15, 0.2) is 11.0 Å². The van der Waals surface area contributed by atoms with Crippen LogP contribution in [0.15, 0.2) is 83.3 Å². The fourth-order valence-electron chi connectivity index (χ4n) is 3.86. The van der Waals surface area contributed by atoms with Crippen LogP contribution in [0.5, 0.6) is 0 Å². The molecule has 4 aromatic rings. The highest BCUT2D eigenvalue weighted by Gasteiger charge is 2.23. The van der Waals surface area contributed by atoms with Crippen LogP contribution in [0.3, 0.4) is 0 Å². The van der Waals surface area contributed by atoms with Crippen LogP contribution in [0.4, 0.5) is 11.4 Å². The lowest BCUT2D eigenvalue weighted by molar-refractivity contribution is -0.118. The average molecular weight is 492 g/mol. The summed E-state index contributed by atoms with van der Waals surface area (Å²) in [6.45, 7) is 1.48. The molecule has 1 N–H and O–H groups in total. The molecule has 2 aromatic heterocycles. The second kappa shape index (κ2) is 10.9. The molecule has 34 heavy (non-hydrogen) atoms. The van der Waals surface area contributed by atoms with Crippen molar-refractivity contribution in [1.29, 1.82) is 0 Å². The van der Waals surface area contributed by atoms with Gasteiger partial charge in [-0.25, -0.2) is 0 Å². The summed E-state index contributed by atoms with van der Waals surface area (Å²) >= 11 is 3.02. The van der Waals surface area contributed by atoms with Crippen molar-refractivity contribution in [2.45, 2.75) is 30.6 Å². The maximum atomic E-state index is 13.0. The zero-order chi connectivity index (χ0) is 23.2.